The van der Waals surface area contributed by atoms with E-state index in [1.165, 1.54) is 0 Å². The van der Waals surface area contributed by atoms with Crippen LogP contribution in [0.4, 0.5) is 8.78 Å². The molecule has 1 aromatic heterocycles. The van der Waals surface area contributed by atoms with Gasteiger partial charge in [-0.2, -0.15) is 5.26 Å². The summed E-state index contributed by atoms with van der Waals surface area (Å²) in [4.78, 5) is 25.4. The Hall–Kier alpha value is -3.21. The van der Waals surface area contributed by atoms with Crippen LogP contribution in [0.2, 0.25) is 0 Å². The minimum Gasteiger partial charge on any atom is -0.347 e. The molecule has 3 rings (SSSR count). The Kier molecular flexibility index (Phi) is 5.45. The molecule has 2 heterocycles. The Morgan fingerprint density at radius 1 is 1.32 bits per heavy atom. The molecule has 1 atom stereocenters. The number of carbonyl (C=O) groups excluding carboxylic acids is 2. The number of rotatable bonds is 5. The highest BCUT2D eigenvalue weighted by Crippen LogP contribution is 2.31. The third kappa shape index (κ3) is 4.36. The highest BCUT2D eigenvalue weighted by Gasteiger charge is 2.47. The van der Waals surface area contributed by atoms with Gasteiger partial charge in [0, 0.05) is 24.9 Å². The molecule has 0 saturated carbocycles. The van der Waals surface area contributed by atoms with Crippen LogP contribution in [-0.2, 0) is 11.3 Å². The van der Waals surface area contributed by atoms with Crippen LogP contribution in [0, 0.1) is 18.3 Å². The number of carbonyl (C=O) groups is 2. The van der Waals surface area contributed by atoms with Gasteiger partial charge in [-0.3, -0.25) is 9.59 Å². The second-order valence-electron chi connectivity index (χ2n) is 6.89. The van der Waals surface area contributed by atoms with Gasteiger partial charge in [-0.15, -0.1) is 0 Å². The number of amides is 2. The van der Waals surface area contributed by atoms with E-state index < -0.39 is 43.3 Å². The van der Waals surface area contributed by atoms with Crippen molar-refractivity contribution in [3.8, 4) is 6.07 Å². The van der Waals surface area contributed by atoms with Crippen LogP contribution in [0.3, 0.4) is 0 Å². The van der Waals surface area contributed by atoms with Gasteiger partial charge in [0.05, 0.1) is 24.7 Å². The molecule has 0 bridgehead atoms. The molecule has 6 nitrogen and oxygen atoms in total. The van der Waals surface area contributed by atoms with E-state index in [2.05, 4.69) is 5.32 Å². The highest BCUT2D eigenvalue weighted by molar-refractivity contribution is 5.96. The molecule has 28 heavy (non-hydrogen) atoms. The standard InChI is InChI=1S/C20H20F2N4O2/c1-14-7-16(12-25(14)11-15-5-3-2-4-6-15)19(28)24-10-18(27)26-13-20(21,22)8-17(26)9-23/h2-7,12,17H,8,10-11,13H2,1H3,(H,24,28)/t17-/m0/s1. The molecule has 2 aromatic rings. The summed E-state index contributed by atoms with van der Waals surface area (Å²) in [6.45, 7) is 1.24. The molecular weight excluding hydrogens is 366 g/mol. The summed E-state index contributed by atoms with van der Waals surface area (Å²) < 4.78 is 28.8. The fourth-order valence-corrected chi connectivity index (χ4v) is 3.24. The van der Waals surface area contributed by atoms with Crippen molar-refractivity contribution < 1.29 is 18.4 Å². The minimum atomic E-state index is -3.08. The molecule has 0 aliphatic carbocycles. The smallest absolute Gasteiger partial charge is 0.268 e. The lowest BCUT2D eigenvalue weighted by Crippen LogP contribution is -2.42. The second-order valence-corrected chi connectivity index (χ2v) is 6.89. The lowest BCUT2D eigenvalue weighted by molar-refractivity contribution is -0.131. The number of nitriles is 1. The van der Waals surface area contributed by atoms with Crippen molar-refractivity contribution in [2.45, 2.75) is 31.9 Å². The zero-order valence-corrected chi connectivity index (χ0v) is 15.4. The first-order chi connectivity index (χ1) is 13.3. The number of halogens is 2. The van der Waals surface area contributed by atoms with Crippen LogP contribution in [0.15, 0.2) is 42.6 Å². The first kappa shape index (κ1) is 19.5. The van der Waals surface area contributed by atoms with Gasteiger partial charge < -0.3 is 14.8 Å². The molecule has 0 spiro atoms. The van der Waals surface area contributed by atoms with Gasteiger partial charge >= 0.3 is 0 Å². The van der Waals surface area contributed by atoms with E-state index in [0.29, 0.717) is 12.1 Å². The van der Waals surface area contributed by atoms with E-state index in [0.717, 1.165) is 16.2 Å². The number of benzene rings is 1. The fraction of sp³-hybridized carbons (Fsp3) is 0.350. The van der Waals surface area contributed by atoms with E-state index in [-0.39, 0.29) is 0 Å². The van der Waals surface area contributed by atoms with Gasteiger partial charge in [0.25, 0.3) is 11.8 Å². The van der Waals surface area contributed by atoms with E-state index in [1.54, 1.807) is 18.3 Å². The number of hydrogen-bond donors (Lipinski definition) is 1. The largest absolute Gasteiger partial charge is 0.347 e. The number of likely N-dealkylation sites (tertiary alicyclic amines) is 1. The Bertz CT molecular complexity index is 918. The van der Waals surface area contributed by atoms with Crippen molar-refractivity contribution >= 4 is 11.8 Å². The van der Waals surface area contributed by atoms with Crippen molar-refractivity contribution in [1.29, 1.82) is 5.26 Å². The zero-order chi connectivity index (χ0) is 20.3. The van der Waals surface area contributed by atoms with Crippen LogP contribution in [0.25, 0.3) is 0 Å². The summed E-state index contributed by atoms with van der Waals surface area (Å²) >= 11 is 0. The topological polar surface area (TPSA) is 78.1 Å². The maximum atomic E-state index is 13.4. The predicted octanol–water partition coefficient (Wildman–Crippen LogP) is 2.33. The molecule has 0 unspecified atom stereocenters. The van der Waals surface area contributed by atoms with Crippen LogP contribution < -0.4 is 5.32 Å². The monoisotopic (exact) mass is 386 g/mol. The van der Waals surface area contributed by atoms with Gasteiger partial charge in [0.2, 0.25) is 5.91 Å². The number of aromatic nitrogens is 1. The lowest BCUT2D eigenvalue weighted by Gasteiger charge is -2.19. The highest BCUT2D eigenvalue weighted by atomic mass is 19.3. The minimum absolute atomic E-state index is 0.379. The van der Waals surface area contributed by atoms with Crippen molar-refractivity contribution in [2.75, 3.05) is 13.1 Å². The number of hydrogen-bond acceptors (Lipinski definition) is 3. The molecule has 146 valence electrons. The SMILES string of the molecule is Cc1cc(C(=O)NCC(=O)N2CC(F)(F)C[C@H]2C#N)cn1Cc1ccccc1. The van der Waals surface area contributed by atoms with Crippen LogP contribution in [0.1, 0.15) is 28.0 Å². The lowest BCUT2D eigenvalue weighted by atomic mass is 10.2. The van der Waals surface area contributed by atoms with Crippen LogP contribution in [0.5, 0.6) is 0 Å². The maximum absolute atomic E-state index is 13.4. The zero-order valence-electron chi connectivity index (χ0n) is 15.4. The molecule has 1 fully saturated rings. The third-order valence-electron chi connectivity index (χ3n) is 4.71. The Morgan fingerprint density at radius 2 is 2.04 bits per heavy atom. The average molecular weight is 386 g/mol. The number of aryl methyl sites for hydroxylation is 1. The van der Waals surface area contributed by atoms with Gasteiger partial charge in [-0.1, -0.05) is 30.3 Å². The quantitative estimate of drug-likeness (QED) is 0.857. The van der Waals surface area contributed by atoms with E-state index >= 15 is 0 Å². The Balaban J connectivity index is 1.60. The van der Waals surface area contributed by atoms with Crippen molar-refractivity contribution in [2.24, 2.45) is 0 Å². The Labute approximate surface area is 161 Å². The van der Waals surface area contributed by atoms with E-state index in [4.69, 9.17) is 5.26 Å². The normalized spacial score (nSPS) is 17.9. The van der Waals surface area contributed by atoms with E-state index in [1.807, 2.05) is 41.8 Å². The van der Waals surface area contributed by atoms with Crippen LogP contribution in [-0.4, -0.2) is 46.3 Å². The Morgan fingerprint density at radius 3 is 2.71 bits per heavy atom. The van der Waals surface area contributed by atoms with Crippen molar-refractivity contribution in [3.63, 3.8) is 0 Å². The van der Waals surface area contributed by atoms with Crippen LogP contribution >= 0.6 is 0 Å². The average Bonchev–Trinajstić information content (AvgIpc) is 3.19. The van der Waals surface area contributed by atoms with Gasteiger partial charge in [0.15, 0.2) is 0 Å². The summed E-state index contributed by atoms with van der Waals surface area (Å²) in [5.74, 6) is -4.24. The second kappa shape index (κ2) is 7.80. The first-order valence-corrected chi connectivity index (χ1v) is 8.85. The van der Waals surface area contributed by atoms with Gasteiger partial charge in [-0.05, 0) is 18.6 Å². The molecule has 1 saturated heterocycles. The predicted molar refractivity (Wildman–Crippen MR) is 97.7 cm³/mol. The van der Waals surface area contributed by atoms with Crippen molar-refractivity contribution in [3.05, 3.63) is 59.4 Å². The fourth-order valence-electron chi connectivity index (χ4n) is 3.24. The molecule has 2 amide bonds. The third-order valence-corrected chi connectivity index (χ3v) is 4.71. The summed E-state index contributed by atoms with van der Waals surface area (Å²) in [6.07, 6.45) is 1.01. The summed E-state index contributed by atoms with van der Waals surface area (Å²) in [7, 11) is 0. The maximum Gasteiger partial charge on any atom is 0.268 e. The summed E-state index contributed by atoms with van der Waals surface area (Å²) in [6, 6.07) is 12.0. The first-order valence-electron chi connectivity index (χ1n) is 8.85. The number of nitrogens with zero attached hydrogens (tertiary/aromatic N) is 3. The molecular formula is C20H20F2N4O2. The summed E-state index contributed by atoms with van der Waals surface area (Å²) in [5.41, 5.74) is 2.34. The van der Waals surface area contributed by atoms with Gasteiger partial charge in [0.1, 0.15) is 6.04 Å². The molecule has 1 aliphatic heterocycles. The molecule has 1 aliphatic rings. The van der Waals surface area contributed by atoms with E-state index in [9.17, 15) is 18.4 Å². The number of alkyl halides is 2. The number of nitrogens with one attached hydrogen (secondary N) is 1. The molecule has 0 radical (unpaired) electrons. The molecule has 8 heteroatoms. The molecule has 1 aromatic carbocycles. The van der Waals surface area contributed by atoms with Gasteiger partial charge in [-0.25, -0.2) is 8.78 Å². The summed E-state index contributed by atoms with van der Waals surface area (Å²) in [5, 5.41) is 11.4. The van der Waals surface area contributed by atoms with Crippen molar-refractivity contribution in [1.82, 2.24) is 14.8 Å². The molecule has 1 N–H and O–H groups in total.